The number of fused-ring (bicyclic) bond motifs is 1. The fraction of sp³-hybridized carbons (Fsp3) is 0. The van der Waals surface area contributed by atoms with Gasteiger partial charge in [0.25, 0.3) is 5.91 Å². The van der Waals surface area contributed by atoms with Crippen molar-refractivity contribution in [3.63, 3.8) is 0 Å². The van der Waals surface area contributed by atoms with Crippen molar-refractivity contribution in [2.45, 2.75) is 0 Å². The van der Waals surface area contributed by atoms with E-state index in [1.165, 1.54) is 0 Å². The lowest BCUT2D eigenvalue weighted by Gasteiger charge is -2.11. The molecular weight excluding hydrogens is 309 g/mol. The number of carbonyl (C=O) groups excluding carboxylic acids is 1. The number of rotatable bonds is 3. The molecule has 2 aromatic heterocycles. The van der Waals surface area contributed by atoms with Crippen LogP contribution in [0.5, 0.6) is 0 Å². The molecule has 2 heterocycles. The van der Waals surface area contributed by atoms with Crippen molar-refractivity contribution in [2.24, 2.45) is 5.73 Å². The van der Waals surface area contributed by atoms with E-state index >= 15 is 0 Å². The lowest BCUT2D eigenvalue weighted by molar-refractivity contribution is 0.0997. The maximum atomic E-state index is 13.7. The Balaban J connectivity index is 2.14. The van der Waals surface area contributed by atoms with Crippen LogP contribution in [0, 0.1) is 5.82 Å². The molecule has 0 saturated carbocycles. The Morgan fingerprint density at radius 2 is 2.05 bits per heavy atom. The second kappa shape index (κ2) is 5.53. The van der Waals surface area contributed by atoms with Gasteiger partial charge in [0.05, 0.1) is 17.4 Å². The van der Waals surface area contributed by atoms with Crippen molar-refractivity contribution in [3.8, 4) is 0 Å². The lowest BCUT2D eigenvalue weighted by Crippen LogP contribution is -2.16. The molecule has 110 valence electrons. The molecule has 0 aliphatic rings. The highest BCUT2D eigenvalue weighted by molar-refractivity contribution is 6.28. The number of hydrogen-bond acceptors (Lipinski definition) is 5. The van der Waals surface area contributed by atoms with E-state index in [1.54, 1.807) is 18.2 Å². The number of nitrogens with two attached hydrogens (primary N) is 1. The third-order valence-corrected chi connectivity index (χ3v) is 3.11. The summed E-state index contributed by atoms with van der Waals surface area (Å²) in [5.74, 6) is -1.62. The highest BCUT2D eigenvalue weighted by atomic mass is 35.5. The number of amides is 1. The van der Waals surface area contributed by atoms with Gasteiger partial charge in [-0.15, -0.1) is 0 Å². The van der Waals surface area contributed by atoms with Crippen LogP contribution in [0.2, 0.25) is 5.28 Å². The molecule has 0 aliphatic heterocycles. The fourth-order valence-corrected chi connectivity index (χ4v) is 2.09. The number of hydrogen-bond donors (Lipinski definition) is 2. The summed E-state index contributed by atoms with van der Waals surface area (Å²) >= 11 is 5.64. The normalized spacial score (nSPS) is 10.6. The Labute approximate surface area is 129 Å². The van der Waals surface area contributed by atoms with Crippen molar-refractivity contribution in [1.82, 2.24) is 15.0 Å². The van der Waals surface area contributed by atoms with Gasteiger partial charge in [0, 0.05) is 5.39 Å². The number of benzene rings is 1. The third kappa shape index (κ3) is 2.66. The minimum atomic E-state index is -0.742. The van der Waals surface area contributed by atoms with Gasteiger partial charge in [-0.05, 0) is 23.7 Å². The van der Waals surface area contributed by atoms with Crippen LogP contribution in [-0.4, -0.2) is 20.9 Å². The molecule has 0 spiro atoms. The van der Waals surface area contributed by atoms with Crippen LogP contribution >= 0.6 is 11.6 Å². The van der Waals surface area contributed by atoms with Gasteiger partial charge in [-0.25, -0.2) is 14.4 Å². The van der Waals surface area contributed by atoms with Crippen LogP contribution in [0.4, 0.5) is 15.9 Å². The summed E-state index contributed by atoms with van der Waals surface area (Å²) in [5, 5.41) is 3.31. The third-order valence-electron chi connectivity index (χ3n) is 2.93. The highest BCUT2D eigenvalue weighted by Gasteiger charge is 2.15. The van der Waals surface area contributed by atoms with Gasteiger partial charge in [-0.3, -0.25) is 4.79 Å². The van der Waals surface area contributed by atoms with Gasteiger partial charge in [-0.1, -0.05) is 18.2 Å². The molecule has 0 fully saturated rings. The average molecular weight is 318 g/mol. The minimum absolute atomic E-state index is 0.0205. The summed E-state index contributed by atoms with van der Waals surface area (Å²) in [4.78, 5) is 23.0. The van der Waals surface area contributed by atoms with Gasteiger partial charge >= 0.3 is 0 Å². The summed E-state index contributed by atoms with van der Waals surface area (Å²) in [6.07, 6.45) is 0.927. The zero-order valence-corrected chi connectivity index (χ0v) is 11.8. The number of nitrogens with one attached hydrogen (secondary N) is 1. The SMILES string of the molecule is NC(=O)c1nc2ccccc2cc1Nc1nc(Cl)ncc1F. The number of para-hydroxylation sites is 1. The molecule has 1 aromatic carbocycles. The Morgan fingerprint density at radius 3 is 2.82 bits per heavy atom. The predicted molar refractivity (Wildman–Crippen MR) is 80.5 cm³/mol. The van der Waals surface area contributed by atoms with E-state index in [4.69, 9.17) is 17.3 Å². The maximum Gasteiger partial charge on any atom is 0.269 e. The largest absolute Gasteiger partial charge is 0.364 e. The van der Waals surface area contributed by atoms with E-state index < -0.39 is 11.7 Å². The monoisotopic (exact) mass is 317 g/mol. The first-order valence-electron chi connectivity index (χ1n) is 6.19. The molecule has 0 unspecified atom stereocenters. The summed E-state index contributed by atoms with van der Waals surface area (Å²) in [7, 11) is 0. The van der Waals surface area contributed by atoms with E-state index in [1.807, 2.05) is 12.1 Å². The molecule has 8 heteroatoms. The van der Waals surface area contributed by atoms with Crippen molar-refractivity contribution < 1.29 is 9.18 Å². The second-order valence-corrected chi connectivity index (χ2v) is 4.74. The summed E-state index contributed by atoms with van der Waals surface area (Å²) in [5.41, 5.74) is 6.15. The molecule has 3 aromatic rings. The van der Waals surface area contributed by atoms with Gasteiger partial charge in [-0.2, -0.15) is 4.98 Å². The molecule has 6 nitrogen and oxygen atoms in total. The molecule has 22 heavy (non-hydrogen) atoms. The lowest BCUT2D eigenvalue weighted by atomic mass is 10.1. The van der Waals surface area contributed by atoms with Gasteiger partial charge in [0.1, 0.15) is 0 Å². The summed E-state index contributed by atoms with van der Waals surface area (Å²) in [6.45, 7) is 0. The molecule has 0 radical (unpaired) electrons. The zero-order chi connectivity index (χ0) is 15.7. The molecule has 1 amide bonds. The molecule has 0 saturated heterocycles. The maximum absolute atomic E-state index is 13.7. The van der Waals surface area contributed by atoms with Gasteiger partial charge in [0.2, 0.25) is 5.28 Å². The zero-order valence-electron chi connectivity index (χ0n) is 11.0. The number of anilines is 2. The first-order chi connectivity index (χ1) is 10.5. The number of aromatic nitrogens is 3. The Morgan fingerprint density at radius 1 is 1.27 bits per heavy atom. The molecule has 3 N–H and O–H groups in total. The Hall–Kier alpha value is -2.80. The van der Waals surface area contributed by atoms with E-state index in [9.17, 15) is 9.18 Å². The van der Waals surface area contributed by atoms with Crippen molar-refractivity contribution >= 4 is 39.9 Å². The molecule has 0 atom stereocenters. The standard InChI is InChI=1S/C14H9ClFN5O/c15-14-18-6-8(16)13(21-14)20-10-5-7-3-1-2-4-9(7)19-11(10)12(17)22/h1-6H,(H2,17,22)(H,18,20,21). The topological polar surface area (TPSA) is 93.8 Å². The Kier molecular flexibility index (Phi) is 3.56. The number of pyridine rings is 1. The molecular formula is C14H9ClFN5O. The van der Waals surface area contributed by atoms with E-state index in [2.05, 4.69) is 20.3 Å². The summed E-state index contributed by atoms with van der Waals surface area (Å²) < 4.78 is 13.7. The Bertz CT molecular complexity index is 886. The molecule has 3 rings (SSSR count). The number of carbonyl (C=O) groups is 1. The van der Waals surface area contributed by atoms with Crippen LogP contribution in [-0.2, 0) is 0 Å². The van der Waals surface area contributed by atoms with Gasteiger partial charge in [0.15, 0.2) is 17.3 Å². The van der Waals surface area contributed by atoms with E-state index in [-0.39, 0.29) is 22.5 Å². The summed E-state index contributed by atoms with van der Waals surface area (Å²) in [6, 6.07) is 8.80. The minimum Gasteiger partial charge on any atom is -0.364 e. The second-order valence-electron chi connectivity index (χ2n) is 4.40. The molecule has 0 aliphatic carbocycles. The van der Waals surface area contributed by atoms with Crippen LogP contribution in [0.1, 0.15) is 10.5 Å². The van der Waals surface area contributed by atoms with E-state index in [0.29, 0.717) is 5.52 Å². The smallest absolute Gasteiger partial charge is 0.269 e. The average Bonchev–Trinajstić information content (AvgIpc) is 2.50. The first-order valence-corrected chi connectivity index (χ1v) is 6.57. The number of nitrogens with zero attached hydrogens (tertiary/aromatic N) is 3. The van der Waals surface area contributed by atoms with E-state index in [0.717, 1.165) is 11.6 Å². The van der Waals surface area contributed by atoms with Crippen LogP contribution in [0.15, 0.2) is 36.5 Å². The van der Waals surface area contributed by atoms with Gasteiger partial charge < -0.3 is 11.1 Å². The van der Waals surface area contributed by atoms with Crippen LogP contribution in [0.3, 0.4) is 0 Å². The first kappa shape index (κ1) is 14.2. The number of primary amides is 1. The van der Waals surface area contributed by atoms with Crippen LogP contribution in [0.25, 0.3) is 10.9 Å². The molecule has 0 bridgehead atoms. The highest BCUT2D eigenvalue weighted by Crippen LogP contribution is 2.25. The number of halogens is 2. The quantitative estimate of drug-likeness (QED) is 0.724. The van der Waals surface area contributed by atoms with Crippen molar-refractivity contribution in [1.29, 1.82) is 0 Å². The van der Waals surface area contributed by atoms with Crippen LogP contribution < -0.4 is 11.1 Å². The fourth-order valence-electron chi connectivity index (χ4n) is 1.96. The predicted octanol–water partition coefficient (Wildman–Crippen LogP) is 2.66. The van der Waals surface area contributed by atoms with Crippen molar-refractivity contribution in [3.05, 3.63) is 53.3 Å². The van der Waals surface area contributed by atoms with Crippen molar-refractivity contribution in [2.75, 3.05) is 5.32 Å².